The summed E-state index contributed by atoms with van der Waals surface area (Å²) in [5, 5.41) is 3.88. The Morgan fingerprint density at radius 2 is 2.38 bits per heavy atom. The Kier molecular flexibility index (Phi) is 7.64. The fourth-order valence-corrected chi connectivity index (χ4v) is 5.81. The Labute approximate surface area is 144 Å². The molecule has 0 aliphatic carbocycles. The Hall–Kier alpha value is 0.530. The van der Waals surface area contributed by atoms with E-state index in [0.717, 1.165) is 34.5 Å². The molecule has 2 heterocycles. The van der Waals surface area contributed by atoms with Crippen molar-refractivity contribution in [2.24, 2.45) is 5.92 Å². The summed E-state index contributed by atoms with van der Waals surface area (Å²) < 4.78 is 12.4. The maximum Gasteiger partial charge on any atom is 0.229 e. The summed E-state index contributed by atoms with van der Waals surface area (Å²) in [5.41, 5.74) is 0. The highest BCUT2D eigenvalue weighted by Crippen LogP contribution is 2.35. The van der Waals surface area contributed by atoms with Gasteiger partial charge in [-0.2, -0.15) is 11.8 Å². The van der Waals surface area contributed by atoms with Crippen LogP contribution in [0.15, 0.2) is 0 Å². The van der Waals surface area contributed by atoms with Gasteiger partial charge in [0.05, 0.1) is 17.4 Å². The molecular weight excluding hydrogens is 346 g/mol. The van der Waals surface area contributed by atoms with E-state index in [-0.39, 0.29) is 29.6 Å². The van der Waals surface area contributed by atoms with Gasteiger partial charge in [0.1, 0.15) is 3.53 Å². The van der Waals surface area contributed by atoms with Crippen LogP contribution in [-0.4, -0.2) is 45.2 Å². The molecular formula is C13H21NO3S4. The average molecular weight is 368 g/mol. The molecule has 21 heavy (non-hydrogen) atoms. The minimum absolute atomic E-state index is 0.0259. The molecule has 1 amide bonds. The Morgan fingerprint density at radius 3 is 3.00 bits per heavy atom. The van der Waals surface area contributed by atoms with Gasteiger partial charge >= 0.3 is 0 Å². The van der Waals surface area contributed by atoms with Gasteiger partial charge in [0.25, 0.3) is 0 Å². The molecule has 0 aromatic rings. The molecule has 0 bridgehead atoms. The van der Waals surface area contributed by atoms with E-state index in [1.54, 1.807) is 35.3 Å². The van der Waals surface area contributed by atoms with E-state index >= 15 is 0 Å². The molecule has 120 valence electrons. The first-order valence-corrected chi connectivity index (χ1v) is 10.7. The first-order chi connectivity index (χ1) is 10.1. The van der Waals surface area contributed by atoms with E-state index in [4.69, 9.17) is 21.7 Å². The van der Waals surface area contributed by atoms with Gasteiger partial charge in [0.15, 0.2) is 6.29 Å². The van der Waals surface area contributed by atoms with Gasteiger partial charge < -0.3 is 14.8 Å². The zero-order valence-corrected chi connectivity index (χ0v) is 15.5. The largest absolute Gasteiger partial charge is 0.353 e. The zero-order chi connectivity index (χ0) is 15.2. The van der Waals surface area contributed by atoms with Gasteiger partial charge in [-0.3, -0.25) is 4.79 Å². The highest BCUT2D eigenvalue weighted by molar-refractivity contribution is 8.49. The molecule has 1 N–H and O–H groups in total. The van der Waals surface area contributed by atoms with Crippen LogP contribution in [0, 0.1) is 5.92 Å². The lowest BCUT2D eigenvalue weighted by Crippen LogP contribution is -2.61. The number of nitrogens with one attached hydrogen (secondary N) is 1. The summed E-state index contributed by atoms with van der Waals surface area (Å²) in [5.74, 6) is -0.0955. The number of carbonyl (C=O) groups excluding carboxylic acids is 1. The van der Waals surface area contributed by atoms with Gasteiger partial charge in [-0.15, -0.1) is 0 Å². The number of ether oxygens (including phenoxy) is 2. The van der Waals surface area contributed by atoms with Crippen molar-refractivity contribution in [3.8, 4) is 0 Å². The minimum atomic E-state index is -0.161. The number of β-lactam (4-membered cyclic amide) rings is 1. The quantitative estimate of drug-likeness (QED) is 0.440. The summed E-state index contributed by atoms with van der Waals surface area (Å²) >= 11 is 10.3. The molecule has 0 radical (unpaired) electrons. The molecule has 4 atom stereocenters. The SMILES string of the molecule is CSCSC(=S)SC1NC(=O)[C@H]1C(C)OC1CCCCO1. The monoisotopic (exact) mass is 367 g/mol. The van der Waals surface area contributed by atoms with Crippen molar-refractivity contribution in [1.82, 2.24) is 5.32 Å². The zero-order valence-electron chi connectivity index (χ0n) is 12.2. The Bertz CT molecular complexity index is 376. The van der Waals surface area contributed by atoms with Gasteiger partial charge in [-0.1, -0.05) is 35.7 Å². The van der Waals surface area contributed by atoms with Gasteiger partial charge in [-0.05, 0) is 32.4 Å². The molecule has 0 spiro atoms. The molecule has 2 saturated heterocycles. The van der Waals surface area contributed by atoms with E-state index in [9.17, 15) is 4.79 Å². The second kappa shape index (κ2) is 8.98. The van der Waals surface area contributed by atoms with Crippen molar-refractivity contribution in [3.63, 3.8) is 0 Å². The van der Waals surface area contributed by atoms with Crippen LogP contribution in [0.1, 0.15) is 26.2 Å². The van der Waals surface area contributed by atoms with E-state index in [0.29, 0.717) is 0 Å². The van der Waals surface area contributed by atoms with E-state index in [2.05, 4.69) is 5.32 Å². The summed E-state index contributed by atoms with van der Waals surface area (Å²) in [6, 6.07) is 0. The molecule has 8 heteroatoms. The molecule has 2 rings (SSSR count). The second-order valence-corrected chi connectivity index (χ2v) is 9.56. The predicted octanol–water partition coefficient (Wildman–Crippen LogP) is 3.06. The lowest BCUT2D eigenvalue weighted by atomic mass is 9.95. The fraction of sp³-hybridized carbons (Fsp3) is 0.846. The summed E-state index contributed by atoms with van der Waals surface area (Å²) in [7, 11) is 0. The lowest BCUT2D eigenvalue weighted by Gasteiger charge is -2.40. The topological polar surface area (TPSA) is 47.6 Å². The molecule has 0 aromatic heterocycles. The van der Waals surface area contributed by atoms with Crippen molar-refractivity contribution in [2.45, 2.75) is 44.0 Å². The van der Waals surface area contributed by atoms with Crippen LogP contribution in [0.5, 0.6) is 0 Å². The predicted molar refractivity (Wildman–Crippen MR) is 95.7 cm³/mol. The number of thioether (sulfide) groups is 3. The summed E-state index contributed by atoms with van der Waals surface area (Å²) in [6.45, 7) is 2.70. The highest BCUT2D eigenvalue weighted by atomic mass is 32.3. The van der Waals surface area contributed by atoms with Crippen LogP contribution in [-0.2, 0) is 14.3 Å². The van der Waals surface area contributed by atoms with E-state index < -0.39 is 0 Å². The third-order valence-corrected chi connectivity index (χ3v) is 7.23. The van der Waals surface area contributed by atoms with Crippen LogP contribution < -0.4 is 5.32 Å². The number of hydrogen-bond acceptors (Lipinski definition) is 7. The third kappa shape index (κ3) is 5.28. The van der Waals surface area contributed by atoms with Crippen molar-refractivity contribution in [2.75, 3.05) is 17.9 Å². The first kappa shape index (κ1) is 17.9. The number of rotatable bonds is 6. The molecule has 2 aliphatic rings. The summed E-state index contributed by atoms with van der Waals surface area (Å²) in [4.78, 5) is 11.8. The van der Waals surface area contributed by atoms with Crippen LogP contribution in [0.2, 0.25) is 0 Å². The van der Waals surface area contributed by atoms with Crippen molar-refractivity contribution in [3.05, 3.63) is 0 Å². The van der Waals surface area contributed by atoms with Gasteiger partial charge in [0, 0.05) is 11.7 Å². The third-order valence-electron chi connectivity index (χ3n) is 3.44. The molecule has 0 aromatic carbocycles. The maximum absolute atomic E-state index is 11.8. The molecule has 3 unspecified atom stereocenters. The van der Waals surface area contributed by atoms with Crippen LogP contribution in [0.25, 0.3) is 0 Å². The lowest BCUT2D eigenvalue weighted by molar-refractivity contribution is -0.199. The fourth-order valence-electron chi connectivity index (χ4n) is 2.32. The van der Waals surface area contributed by atoms with E-state index in [1.165, 1.54) is 0 Å². The van der Waals surface area contributed by atoms with E-state index in [1.807, 2.05) is 13.2 Å². The van der Waals surface area contributed by atoms with Gasteiger partial charge in [-0.25, -0.2) is 0 Å². The van der Waals surface area contributed by atoms with Gasteiger partial charge in [0.2, 0.25) is 5.91 Å². The van der Waals surface area contributed by atoms with Crippen LogP contribution in [0.3, 0.4) is 0 Å². The smallest absolute Gasteiger partial charge is 0.229 e. The number of hydrogen-bond donors (Lipinski definition) is 1. The number of thiocarbonyl (C=S) groups is 1. The first-order valence-electron chi connectivity index (χ1n) is 7.01. The van der Waals surface area contributed by atoms with Crippen molar-refractivity contribution < 1.29 is 14.3 Å². The van der Waals surface area contributed by atoms with Crippen LogP contribution in [0.4, 0.5) is 0 Å². The number of amides is 1. The highest BCUT2D eigenvalue weighted by Gasteiger charge is 2.45. The minimum Gasteiger partial charge on any atom is -0.353 e. The van der Waals surface area contributed by atoms with Crippen molar-refractivity contribution >= 4 is 56.9 Å². The second-order valence-electron chi connectivity index (χ2n) is 5.01. The maximum atomic E-state index is 11.8. The average Bonchev–Trinajstić information content (AvgIpc) is 2.45. The van der Waals surface area contributed by atoms with Crippen LogP contribution >= 0.6 is 47.5 Å². The van der Waals surface area contributed by atoms with Crippen molar-refractivity contribution in [1.29, 1.82) is 0 Å². The molecule has 0 saturated carbocycles. The molecule has 4 nitrogen and oxygen atoms in total. The number of carbonyl (C=O) groups is 1. The molecule has 2 aliphatic heterocycles. The normalized spacial score (nSPS) is 30.4. The Balaban J connectivity index is 1.79. The molecule has 2 fully saturated rings. The standard InChI is InChI=1S/C13H21NO3S4/c1-8(17-9-5-3-4-6-16-9)10-11(15)14-12(10)21-13(18)20-7-19-2/h8-10,12H,3-7H2,1-2H3,(H,14,15)/t8?,9?,10-,12?/m1/s1. The Morgan fingerprint density at radius 1 is 1.57 bits per heavy atom. The summed E-state index contributed by atoms with van der Waals surface area (Å²) in [6.07, 6.45) is 4.88.